The molecule has 20 heavy (non-hydrogen) atoms. The van der Waals surface area contributed by atoms with Gasteiger partial charge in [-0.1, -0.05) is 0 Å². The SMILES string of the molecule is O=C(CNc1ccc([N+](=O)[O-])cc1I)N1CCNCC1. The van der Waals surface area contributed by atoms with Crippen molar-refractivity contribution in [2.24, 2.45) is 0 Å². The normalized spacial score (nSPS) is 14.9. The summed E-state index contributed by atoms with van der Waals surface area (Å²) in [4.78, 5) is 24.0. The standard InChI is InChI=1S/C12H15IN4O3/c13-10-7-9(17(19)20)1-2-11(10)15-8-12(18)16-5-3-14-4-6-16/h1-2,7,14-15H,3-6,8H2. The van der Waals surface area contributed by atoms with Crippen LogP contribution in [0.5, 0.6) is 0 Å². The maximum Gasteiger partial charge on any atom is 0.270 e. The number of carbonyl (C=O) groups is 1. The largest absolute Gasteiger partial charge is 0.375 e. The maximum atomic E-state index is 12.0. The monoisotopic (exact) mass is 390 g/mol. The number of halogens is 1. The average molecular weight is 390 g/mol. The molecular weight excluding hydrogens is 375 g/mol. The number of amides is 1. The van der Waals surface area contributed by atoms with Crippen molar-refractivity contribution in [3.8, 4) is 0 Å². The summed E-state index contributed by atoms with van der Waals surface area (Å²) in [5.74, 6) is 0.0423. The predicted octanol–water partition coefficient (Wildman–Crippen LogP) is 1.04. The second-order valence-corrected chi connectivity index (χ2v) is 5.57. The fraction of sp³-hybridized carbons (Fsp3) is 0.417. The van der Waals surface area contributed by atoms with Gasteiger partial charge in [-0.05, 0) is 28.7 Å². The molecule has 0 aromatic heterocycles. The summed E-state index contributed by atoms with van der Waals surface area (Å²) in [6.07, 6.45) is 0. The van der Waals surface area contributed by atoms with Gasteiger partial charge in [0.15, 0.2) is 0 Å². The maximum absolute atomic E-state index is 12.0. The van der Waals surface area contributed by atoms with E-state index in [-0.39, 0.29) is 18.1 Å². The average Bonchev–Trinajstić information content (AvgIpc) is 2.46. The van der Waals surface area contributed by atoms with E-state index in [0.29, 0.717) is 0 Å². The first-order valence-corrected chi connectivity index (χ1v) is 7.32. The van der Waals surface area contributed by atoms with Crippen molar-refractivity contribution >= 4 is 39.9 Å². The molecule has 8 heteroatoms. The Labute approximate surface area is 130 Å². The van der Waals surface area contributed by atoms with Crippen LogP contribution in [0.1, 0.15) is 0 Å². The molecule has 0 spiro atoms. The third-order valence-corrected chi connectivity index (χ3v) is 3.96. The molecule has 0 atom stereocenters. The van der Waals surface area contributed by atoms with Gasteiger partial charge in [-0.3, -0.25) is 14.9 Å². The number of rotatable bonds is 4. The molecule has 1 aliphatic rings. The van der Waals surface area contributed by atoms with Gasteiger partial charge < -0.3 is 15.5 Å². The van der Waals surface area contributed by atoms with Crippen molar-refractivity contribution in [3.63, 3.8) is 0 Å². The van der Waals surface area contributed by atoms with Crippen LogP contribution in [0.2, 0.25) is 0 Å². The number of non-ortho nitro benzene ring substituents is 1. The lowest BCUT2D eigenvalue weighted by atomic mass is 10.3. The molecule has 1 aromatic rings. The number of nitrogens with zero attached hydrogens (tertiary/aromatic N) is 2. The molecule has 1 aromatic carbocycles. The summed E-state index contributed by atoms with van der Waals surface area (Å²) in [5.41, 5.74) is 0.785. The number of carbonyl (C=O) groups excluding carboxylic acids is 1. The van der Waals surface area contributed by atoms with E-state index in [1.165, 1.54) is 12.1 Å². The van der Waals surface area contributed by atoms with Crippen LogP contribution >= 0.6 is 22.6 Å². The van der Waals surface area contributed by atoms with Crippen LogP contribution in [0.15, 0.2) is 18.2 Å². The fourth-order valence-corrected chi connectivity index (χ4v) is 2.65. The number of hydrogen-bond donors (Lipinski definition) is 2. The Kier molecular flexibility index (Phi) is 5.12. The minimum Gasteiger partial charge on any atom is -0.375 e. The van der Waals surface area contributed by atoms with E-state index < -0.39 is 4.92 Å². The van der Waals surface area contributed by atoms with Crippen LogP contribution in [-0.2, 0) is 4.79 Å². The quantitative estimate of drug-likeness (QED) is 0.456. The van der Waals surface area contributed by atoms with E-state index in [9.17, 15) is 14.9 Å². The molecule has 0 radical (unpaired) electrons. The minimum atomic E-state index is -0.433. The number of nitrogens with one attached hydrogen (secondary N) is 2. The Hall–Kier alpha value is -1.42. The van der Waals surface area contributed by atoms with Crippen molar-refractivity contribution < 1.29 is 9.72 Å². The summed E-state index contributed by atoms with van der Waals surface area (Å²) in [6, 6.07) is 4.54. The summed E-state index contributed by atoms with van der Waals surface area (Å²) in [5, 5.41) is 16.9. The van der Waals surface area contributed by atoms with Crippen LogP contribution in [-0.4, -0.2) is 48.5 Å². The Morgan fingerprint density at radius 1 is 1.45 bits per heavy atom. The van der Waals surface area contributed by atoms with Crippen LogP contribution in [0.3, 0.4) is 0 Å². The van der Waals surface area contributed by atoms with Crippen LogP contribution < -0.4 is 10.6 Å². The van der Waals surface area contributed by atoms with Gasteiger partial charge in [0.05, 0.1) is 11.5 Å². The molecular formula is C12H15IN4O3. The fourth-order valence-electron chi connectivity index (χ4n) is 1.96. The van der Waals surface area contributed by atoms with Gasteiger partial charge in [0, 0.05) is 47.6 Å². The molecule has 0 saturated carbocycles. The zero-order valence-corrected chi connectivity index (χ0v) is 12.9. The number of nitro groups is 1. The predicted molar refractivity (Wildman–Crippen MR) is 83.8 cm³/mol. The number of hydrogen-bond acceptors (Lipinski definition) is 5. The lowest BCUT2D eigenvalue weighted by Gasteiger charge is -2.27. The van der Waals surface area contributed by atoms with E-state index in [0.717, 1.165) is 35.4 Å². The second-order valence-electron chi connectivity index (χ2n) is 4.41. The van der Waals surface area contributed by atoms with Crippen LogP contribution in [0.25, 0.3) is 0 Å². The molecule has 2 N–H and O–H groups in total. The summed E-state index contributed by atoms with van der Waals surface area (Å²) < 4.78 is 0.727. The highest BCUT2D eigenvalue weighted by Gasteiger charge is 2.16. The molecule has 1 heterocycles. The van der Waals surface area contributed by atoms with E-state index >= 15 is 0 Å². The van der Waals surface area contributed by atoms with Crippen LogP contribution in [0.4, 0.5) is 11.4 Å². The molecule has 1 amide bonds. The molecule has 1 fully saturated rings. The van der Waals surface area contributed by atoms with Gasteiger partial charge in [0.1, 0.15) is 0 Å². The first-order valence-electron chi connectivity index (χ1n) is 6.24. The lowest BCUT2D eigenvalue weighted by Crippen LogP contribution is -2.48. The number of benzene rings is 1. The molecule has 2 rings (SSSR count). The highest BCUT2D eigenvalue weighted by atomic mass is 127. The second kappa shape index (κ2) is 6.84. The highest BCUT2D eigenvalue weighted by Crippen LogP contribution is 2.23. The van der Waals surface area contributed by atoms with Crippen LogP contribution in [0, 0.1) is 13.7 Å². The van der Waals surface area contributed by atoms with E-state index in [4.69, 9.17) is 0 Å². The Balaban J connectivity index is 1.93. The summed E-state index contributed by atoms with van der Waals surface area (Å²) in [6.45, 7) is 3.28. The van der Waals surface area contributed by atoms with Crippen molar-refractivity contribution in [3.05, 3.63) is 31.9 Å². The van der Waals surface area contributed by atoms with E-state index in [2.05, 4.69) is 10.6 Å². The van der Waals surface area contributed by atoms with Gasteiger partial charge in [-0.2, -0.15) is 0 Å². The van der Waals surface area contributed by atoms with Crippen molar-refractivity contribution in [1.29, 1.82) is 0 Å². The topological polar surface area (TPSA) is 87.5 Å². The first kappa shape index (κ1) is 15.0. The lowest BCUT2D eigenvalue weighted by molar-refractivity contribution is -0.384. The summed E-state index contributed by atoms with van der Waals surface area (Å²) >= 11 is 2.02. The number of nitro benzene ring substituents is 1. The molecule has 108 valence electrons. The number of piperazine rings is 1. The van der Waals surface area contributed by atoms with Crippen molar-refractivity contribution in [2.75, 3.05) is 38.0 Å². The first-order chi connectivity index (χ1) is 9.58. The molecule has 1 saturated heterocycles. The molecule has 7 nitrogen and oxygen atoms in total. The van der Waals surface area contributed by atoms with Crippen molar-refractivity contribution in [1.82, 2.24) is 10.2 Å². The Bertz CT molecular complexity index is 517. The van der Waals surface area contributed by atoms with Gasteiger partial charge in [0.2, 0.25) is 5.91 Å². The Morgan fingerprint density at radius 3 is 2.75 bits per heavy atom. The van der Waals surface area contributed by atoms with Gasteiger partial charge >= 0.3 is 0 Å². The molecule has 0 aliphatic carbocycles. The molecule has 1 aliphatic heterocycles. The van der Waals surface area contributed by atoms with E-state index in [1.807, 2.05) is 27.5 Å². The van der Waals surface area contributed by atoms with Gasteiger partial charge in [-0.15, -0.1) is 0 Å². The highest BCUT2D eigenvalue weighted by molar-refractivity contribution is 14.1. The molecule has 0 unspecified atom stereocenters. The smallest absolute Gasteiger partial charge is 0.270 e. The number of anilines is 1. The zero-order chi connectivity index (χ0) is 14.5. The van der Waals surface area contributed by atoms with E-state index in [1.54, 1.807) is 6.07 Å². The van der Waals surface area contributed by atoms with Crippen molar-refractivity contribution in [2.45, 2.75) is 0 Å². The summed E-state index contributed by atoms with van der Waals surface area (Å²) in [7, 11) is 0. The van der Waals surface area contributed by atoms with Gasteiger partial charge in [0.25, 0.3) is 5.69 Å². The third-order valence-electron chi connectivity index (χ3n) is 3.06. The zero-order valence-electron chi connectivity index (χ0n) is 10.8. The molecule has 0 bridgehead atoms. The van der Waals surface area contributed by atoms with Gasteiger partial charge in [-0.25, -0.2) is 0 Å². The third kappa shape index (κ3) is 3.79. The minimum absolute atomic E-state index is 0.0423. The Morgan fingerprint density at radius 2 is 2.15 bits per heavy atom.